The van der Waals surface area contributed by atoms with Gasteiger partial charge in [0.25, 0.3) is 15.7 Å². The van der Waals surface area contributed by atoms with Crippen LogP contribution in [0.25, 0.3) is 0 Å². The van der Waals surface area contributed by atoms with E-state index in [0.717, 1.165) is 42.0 Å². The molecule has 0 bridgehead atoms. The van der Waals surface area contributed by atoms with Crippen molar-refractivity contribution in [3.8, 4) is 5.75 Å². The second-order valence-corrected chi connectivity index (χ2v) is 12.6. The van der Waals surface area contributed by atoms with E-state index in [0.29, 0.717) is 12.2 Å². The van der Waals surface area contributed by atoms with Crippen LogP contribution in [0.1, 0.15) is 51.0 Å². The zero-order valence-corrected chi connectivity index (χ0v) is 25.7. The summed E-state index contributed by atoms with van der Waals surface area (Å²) in [6.45, 7) is 1.24. The van der Waals surface area contributed by atoms with E-state index in [1.807, 2.05) is 6.92 Å². The molecule has 0 aromatic heterocycles. The fourth-order valence-corrected chi connectivity index (χ4v) is 6.82. The van der Waals surface area contributed by atoms with Crippen LogP contribution in [0.4, 0.5) is 11.4 Å². The van der Waals surface area contributed by atoms with Crippen LogP contribution in [0.15, 0.2) is 83.8 Å². The molecule has 44 heavy (non-hydrogen) atoms. The van der Waals surface area contributed by atoms with Crippen LogP contribution in [0.5, 0.6) is 5.75 Å². The van der Waals surface area contributed by atoms with E-state index in [4.69, 9.17) is 4.74 Å². The lowest BCUT2D eigenvalue weighted by Crippen LogP contribution is -2.54. The van der Waals surface area contributed by atoms with Crippen molar-refractivity contribution in [3.05, 3.63) is 94.5 Å². The summed E-state index contributed by atoms with van der Waals surface area (Å²) in [5.74, 6) is -0.245. The van der Waals surface area contributed by atoms with Crippen LogP contribution in [0, 0.1) is 10.1 Å². The summed E-state index contributed by atoms with van der Waals surface area (Å²) in [5, 5.41) is 14.4. The summed E-state index contributed by atoms with van der Waals surface area (Å²) in [5.41, 5.74) is 0.594. The molecular weight excluding hydrogens is 584 g/mol. The number of sulfonamides is 1. The van der Waals surface area contributed by atoms with Crippen LogP contribution in [-0.4, -0.2) is 55.8 Å². The number of nitrogens with zero attached hydrogens (tertiary/aromatic N) is 3. The standard InChI is InChI=1S/C32H38N4O7S/c1-3-30(32(38)33-25-10-6-4-7-11-25)34(22-24-14-20-28(43-2)21-15-24)31(37)23-35(26-16-18-27(19-17-26)36(39)40)44(41,42)29-12-8-5-9-13-29/h5,8-9,12-21,25,30H,3-4,6-7,10-11,22-23H2,1-2H3,(H,33,38)/t30-/m0/s1. The molecule has 2 amide bonds. The van der Waals surface area contributed by atoms with Crippen LogP contribution in [0.3, 0.4) is 0 Å². The summed E-state index contributed by atoms with van der Waals surface area (Å²) >= 11 is 0. The summed E-state index contributed by atoms with van der Waals surface area (Å²) in [6.07, 6.45) is 5.23. The van der Waals surface area contributed by atoms with E-state index in [1.165, 1.54) is 41.3 Å². The van der Waals surface area contributed by atoms with Gasteiger partial charge in [-0.05, 0) is 61.2 Å². The molecule has 0 saturated heterocycles. The van der Waals surface area contributed by atoms with Gasteiger partial charge >= 0.3 is 0 Å². The van der Waals surface area contributed by atoms with E-state index in [-0.39, 0.29) is 34.8 Å². The van der Waals surface area contributed by atoms with Crippen molar-refractivity contribution < 1.29 is 27.7 Å². The van der Waals surface area contributed by atoms with E-state index in [9.17, 15) is 28.1 Å². The van der Waals surface area contributed by atoms with Crippen molar-refractivity contribution in [2.75, 3.05) is 18.0 Å². The highest BCUT2D eigenvalue weighted by Gasteiger charge is 2.34. The molecule has 234 valence electrons. The third-order valence-electron chi connectivity index (χ3n) is 7.81. The number of rotatable bonds is 13. The van der Waals surface area contributed by atoms with E-state index in [2.05, 4.69) is 5.32 Å². The predicted octanol–water partition coefficient (Wildman–Crippen LogP) is 5.06. The smallest absolute Gasteiger partial charge is 0.269 e. The van der Waals surface area contributed by atoms with Gasteiger partial charge in [0.15, 0.2) is 0 Å². The van der Waals surface area contributed by atoms with Gasteiger partial charge in [0.05, 0.1) is 22.6 Å². The number of carbonyl (C=O) groups is 2. The summed E-state index contributed by atoms with van der Waals surface area (Å²) in [6, 6.07) is 18.9. The number of hydrogen-bond acceptors (Lipinski definition) is 7. The maximum Gasteiger partial charge on any atom is 0.269 e. The molecule has 1 aliphatic carbocycles. The van der Waals surface area contributed by atoms with Gasteiger partial charge in [0.1, 0.15) is 18.3 Å². The first-order chi connectivity index (χ1) is 21.1. The van der Waals surface area contributed by atoms with Crippen molar-refractivity contribution in [2.24, 2.45) is 0 Å². The maximum atomic E-state index is 14.2. The Morgan fingerprint density at radius 1 is 0.977 bits per heavy atom. The van der Waals surface area contributed by atoms with E-state index < -0.39 is 33.4 Å². The average Bonchev–Trinajstić information content (AvgIpc) is 3.04. The quantitative estimate of drug-likeness (QED) is 0.208. The number of ether oxygens (including phenoxy) is 1. The molecule has 0 unspecified atom stereocenters. The lowest BCUT2D eigenvalue weighted by molar-refractivity contribution is -0.384. The van der Waals surface area contributed by atoms with Crippen LogP contribution >= 0.6 is 0 Å². The fourth-order valence-electron chi connectivity index (χ4n) is 5.38. The largest absolute Gasteiger partial charge is 0.497 e. The summed E-state index contributed by atoms with van der Waals surface area (Å²) < 4.78 is 34.0. The average molecular weight is 623 g/mol. The molecule has 11 nitrogen and oxygen atoms in total. The predicted molar refractivity (Wildman–Crippen MR) is 167 cm³/mol. The van der Waals surface area contributed by atoms with Crippen molar-refractivity contribution in [2.45, 2.75) is 69.0 Å². The Kier molecular flexibility index (Phi) is 10.9. The molecule has 1 aliphatic rings. The molecule has 12 heteroatoms. The van der Waals surface area contributed by atoms with Crippen LogP contribution < -0.4 is 14.4 Å². The van der Waals surface area contributed by atoms with Gasteiger partial charge in [-0.3, -0.25) is 24.0 Å². The monoisotopic (exact) mass is 622 g/mol. The van der Waals surface area contributed by atoms with E-state index >= 15 is 0 Å². The first kappa shape index (κ1) is 32.5. The molecule has 1 saturated carbocycles. The number of hydrogen-bond donors (Lipinski definition) is 1. The normalized spacial score (nSPS) is 14.3. The SMILES string of the molecule is CC[C@@H](C(=O)NC1CCCCC1)N(Cc1ccc(OC)cc1)C(=O)CN(c1ccc([N+](=O)[O-])cc1)S(=O)(=O)c1ccccc1. The minimum atomic E-state index is -4.27. The maximum absolute atomic E-state index is 14.2. The van der Waals surface area contributed by atoms with Crippen molar-refractivity contribution >= 4 is 33.2 Å². The number of anilines is 1. The third kappa shape index (κ3) is 7.93. The molecule has 3 aromatic rings. The van der Waals surface area contributed by atoms with Gasteiger partial charge in [-0.1, -0.05) is 56.5 Å². The third-order valence-corrected chi connectivity index (χ3v) is 9.60. The van der Waals surface area contributed by atoms with Gasteiger partial charge in [-0.2, -0.15) is 0 Å². The zero-order chi connectivity index (χ0) is 31.7. The molecule has 1 N–H and O–H groups in total. The number of carbonyl (C=O) groups excluding carboxylic acids is 2. The number of amides is 2. The highest BCUT2D eigenvalue weighted by Crippen LogP contribution is 2.27. The molecule has 1 fully saturated rings. The zero-order valence-electron chi connectivity index (χ0n) is 24.9. The number of non-ortho nitro benzene ring substituents is 1. The fraction of sp³-hybridized carbons (Fsp3) is 0.375. The number of nitro benzene ring substituents is 1. The number of nitro groups is 1. The van der Waals surface area contributed by atoms with Crippen molar-refractivity contribution in [3.63, 3.8) is 0 Å². The van der Waals surface area contributed by atoms with Crippen molar-refractivity contribution in [1.82, 2.24) is 10.2 Å². The molecule has 4 rings (SSSR count). The van der Waals surface area contributed by atoms with Gasteiger partial charge in [0.2, 0.25) is 11.8 Å². The molecule has 1 atom stereocenters. The molecule has 0 spiro atoms. The Morgan fingerprint density at radius 3 is 2.18 bits per heavy atom. The van der Waals surface area contributed by atoms with Crippen LogP contribution in [0.2, 0.25) is 0 Å². The Labute approximate surface area is 258 Å². The molecular formula is C32H38N4O7S. The molecule has 0 heterocycles. The minimum Gasteiger partial charge on any atom is -0.497 e. The second kappa shape index (κ2) is 14.8. The van der Waals surface area contributed by atoms with Gasteiger partial charge in [-0.15, -0.1) is 0 Å². The van der Waals surface area contributed by atoms with E-state index in [1.54, 1.807) is 49.6 Å². The Balaban J connectivity index is 1.71. The highest BCUT2D eigenvalue weighted by molar-refractivity contribution is 7.92. The number of nitrogens with one attached hydrogen (secondary N) is 1. The Bertz CT molecular complexity index is 1530. The van der Waals surface area contributed by atoms with Crippen molar-refractivity contribution in [1.29, 1.82) is 0 Å². The van der Waals surface area contributed by atoms with Crippen LogP contribution in [-0.2, 0) is 26.2 Å². The minimum absolute atomic E-state index is 0.0262. The first-order valence-corrected chi connectivity index (χ1v) is 16.1. The summed E-state index contributed by atoms with van der Waals surface area (Å²) in [7, 11) is -2.73. The lowest BCUT2D eigenvalue weighted by Gasteiger charge is -2.34. The van der Waals surface area contributed by atoms with Gasteiger partial charge < -0.3 is 15.0 Å². The number of benzene rings is 3. The lowest BCUT2D eigenvalue weighted by atomic mass is 9.95. The number of methoxy groups -OCH3 is 1. The summed E-state index contributed by atoms with van der Waals surface area (Å²) in [4.78, 5) is 39.9. The van der Waals surface area contributed by atoms with Gasteiger partial charge in [0, 0.05) is 24.7 Å². The Morgan fingerprint density at radius 2 is 1.61 bits per heavy atom. The second-order valence-electron chi connectivity index (χ2n) is 10.7. The van der Waals surface area contributed by atoms with Gasteiger partial charge in [-0.25, -0.2) is 8.42 Å². The molecule has 0 aliphatic heterocycles. The molecule has 0 radical (unpaired) electrons. The highest BCUT2D eigenvalue weighted by atomic mass is 32.2. The Hall–Kier alpha value is -4.45. The first-order valence-electron chi connectivity index (χ1n) is 14.7. The molecule has 3 aromatic carbocycles. The topological polar surface area (TPSA) is 139 Å².